The van der Waals surface area contributed by atoms with E-state index in [0.29, 0.717) is 24.7 Å². The van der Waals surface area contributed by atoms with Crippen molar-refractivity contribution in [2.75, 3.05) is 0 Å². The third-order valence-corrected chi connectivity index (χ3v) is 4.64. The van der Waals surface area contributed by atoms with Gasteiger partial charge in [0.1, 0.15) is 0 Å². The summed E-state index contributed by atoms with van der Waals surface area (Å²) in [6.07, 6.45) is 3.72. The Kier molecular flexibility index (Phi) is 3.50. The van der Waals surface area contributed by atoms with E-state index >= 15 is 0 Å². The van der Waals surface area contributed by atoms with Gasteiger partial charge in [0, 0.05) is 12.8 Å². The van der Waals surface area contributed by atoms with Gasteiger partial charge in [-0.1, -0.05) is 13.8 Å². The van der Waals surface area contributed by atoms with Gasteiger partial charge in [-0.3, -0.25) is 0 Å². The van der Waals surface area contributed by atoms with Gasteiger partial charge in [-0.15, -0.1) is 0 Å². The van der Waals surface area contributed by atoms with E-state index in [9.17, 15) is 13.9 Å². The molecule has 100 valence electrons. The zero-order valence-electron chi connectivity index (χ0n) is 10.9. The van der Waals surface area contributed by atoms with Crippen molar-refractivity contribution in [2.45, 2.75) is 70.3 Å². The molecule has 2 aliphatic rings. The van der Waals surface area contributed by atoms with E-state index in [1.165, 1.54) is 0 Å². The molecule has 0 saturated heterocycles. The van der Waals surface area contributed by atoms with Gasteiger partial charge in [0.15, 0.2) is 0 Å². The largest absolute Gasteiger partial charge is 0.390 e. The predicted molar refractivity (Wildman–Crippen MR) is 64.0 cm³/mol. The van der Waals surface area contributed by atoms with Crippen LogP contribution in [-0.4, -0.2) is 16.6 Å². The van der Waals surface area contributed by atoms with Crippen LogP contribution in [0.5, 0.6) is 0 Å². The number of rotatable bonds is 3. The zero-order chi connectivity index (χ0) is 12.7. The number of halogens is 2. The molecule has 0 amide bonds. The highest BCUT2D eigenvalue weighted by Gasteiger charge is 2.47. The molecule has 1 atom stereocenters. The Morgan fingerprint density at radius 2 is 1.88 bits per heavy atom. The van der Waals surface area contributed by atoms with Crippen LogP contribution in [0.3, 0.4) is 0 Å². The maximum Gasteiger partial charge on any atom is 0.248 e. The quantitative estimate of drug-likeness (QED) is 0.798. The highest BCUT2D eigenvalue weighted by molar-refractivity contribution is 4.97. The summed E-state index contributed by atoms with van der Waals surface area (Å²) >= 11 is 0. The molecule has 3 heteroatoms. The fourth-order valence-electron chi connectivity index (χ4n) is 3.54. The summed E-state index contributed by atoms with van der Waals surface area (Å²) in [5.74, 6) is -1.27. The highest BCUT2D eigenvalue weighted by atomic mass is 19.3. The van der Waals surface area contributed by atoms with Crippen LogP contribution in [0.25, 0.3) is 0 Å². The molecule has 17 heavy (non-hydrogen) atoms. The second kappa shape index (κ2) is 4.49. The minimum Gasteiger partial charge on any atom is -0.390 e. The summed E-state index contributed by atoms with van der Waals surface area (Å²) < 4.78 is 26.5. The lowest BCUT2D eigenvalue weighted by Crippen LogP contribution is -2.47. The first-order valence-electron chi connectivity index (χ1n) is 6.90. The average molecular weight is 246 g/mol. The van der Waals surface area contributed by atoms with E-state index in [0.717, 1.165) is 19.3 Å². The monoisotopic (exact) mass is 246 g/mol. The smallest absolute Gasteiger partial charge is 0.248 e. The van der Waals surface area contributed by atoms with Gasteiger partial charge in [0.2, 0.25) is 5.92 Å². The van der Waals surface area contributed by atoms with E-state index < -0.39 is 11.5 Å². The molecule has 2 fully saturated rings. The Balaban J connectivity index is 1.82. The average Bonchev–Trinajstić information content (AvgIpc) is 2.11. The second-order valence-corrected chi connectivity index (χ2v) is 6.66. The van der Waals surface area contributed by atoms with E-state index in [4.69, 9.17) is 0 Å². The Morgan fingerprint density at radius 3 is 2.41 bits per heavy atom. The summed E-state index contributed by atoms with van der Waals surface area (Å²) in [7, 11) is 0. The molecule has 2 rings (SSSR count). The first kappa shape index (κ1) is 13.3. The fraction of sp³-hybridized carbons (Fsp3) is 1.00. The standard InChI is InChI=1S/C14H24F2O/c1-10(2)12-8-13(17,9-12)6-11-4-3-5-14(15,16)7-11/h10-12,17H,3-9H2,1-2H3. The van der Waals surface area contributed by atoms with Crippen LogP contribution in [-0.2, 0) is 0 Å². The van der Waals surface area contributed by atoms with Gasteiger partial charge in [-0.05, 0) is 49.9 Å². The van der Waals surface area contributed by atoms with Crippen molar-refractivity contribution in [2.24, 2.45) is 17.8 Å². The first-order valence-corrected chi connectivity index (χ1v) is 6.90. The van der Waals surface area contributed by atoms with E-state index in [1.54, 1.807) is 0 Å². The Morgan fingerprint density at radius 1 is 1.24 bits per heavy atom. The van der Waals surface area contributed by atoms with Crippen molar-refractivity contribution in [1.82, 2.24) is 0 Å². The molecule has 1 nitrogen and oxygen atoms in total. The molecular formula is C14H24F2O. The van der Waals surface area contributed by atoms with Crippen molar-refractivity contribution in [3.63, 3.8) is 0 Å². The van der Waals surface area contributed by atoms with Crippen LogP contribution >= 0.6 is 0 Å². The van der Waals surface area contributed by atoms with Gasteiger partial charge >= 0.3 is 0 Å². The lowest BCUT2D eigenvalue weighted by molar-refractivity contribution is -0.120. The molecule has 0 bridgehead atoms. The van der Waals surface area contributed by atoms with E-state index in [-0.39, 0.29) is 18.8 Å². The van der Waals surface area contributed by atoms with Gasteiger partial charge < -0.3 is 5.11 Å². The SMILES string of the molecule is CC(C)C1CC(O)(CC2CCCC(F)(F)C2)C1. The molecule has 0 radical (unpaired) electrons. The lowest BCUT2D eigenvalue weighted by Gasteiger charge is -2.48. The topological polar surface area (TPSA) is 20.2 Å². The molecule has 1 unspecified atom stereocenters. The minimum atomic E-state index is -2.49. The van der Waals surface area contributed by atoms with Gasteiger partial charge in [-0.25, -0.2) is 8.78 Å². The van der Waals surface area contributed by atoms with Crippen molar-refractivity contribution in [3.05, 3.63) is 0 Å². The van der Waals surface area contributed by atoms with Crippen molar-refractivity contribution in [1.29, 1.82) is 0 Å². The molecule has 2 saturated carbocycles. The number of aliphatic hydroxyl groups is 1. The van der Waals surface area contributed by atoms with Crippen LogP contribution in [0.4, 0.5) is 8.78 Å². The summed E-state index contributed by atoms with van der Waals surface area (Å²) in [6, 6.07) is 0. The van der Waals surface area contributed by atoms with E-state index in [1.807, 2.05) is 0 Å². The minimum absolute atomic E-state index is 0.0122. The Hall–Kier alpha value is -0.180. The maximum atomic E-state index is 13.3. The van der Waals surface area contributed by atoms with Gasteiger partial charge in [0.25, 0.3) is 0 Å². The highest BCUT2D eigenvalue weighted by Crippen LogP contribution is 2.48. The molecule has 2 aliphatic carbocycles. The van der Waals surface area contributed by atoms with Crippen LogP contribution < -0.4 is 0 Å². The van der Waals surface area contributed by atoms with Crippen LogP contribution in [0.15, 0.2) is 0 Å². The molecule has 1 N–H and O–H groups in total. The summed E-state index contributed by atoms with van der Waals surface area (Å²) in [4.78, 5) is 0. The van der Waals surface area contributed by atoms with E-state index in [2.05, 4.69) is 13.8 Å². The molecule has 0 aromatic heterocycles. The van der Waals surface area contributed by atoms with Gasteiger partial charge in [0.05, 0.1) is 5.60 Å². The normalized spacial score (nSPS) is 41.3. The molecule has 0 spiro atoms. The van der Waals surface area contributed by atoms with Crippen LogP contribution in [0.1, 0.15) is 58.8 Å². The van der Waals surface area contributed by atoms with Crippen molar-refractivity contribution >= 4 is 0 Å². The lowest BCUT2D eigenvalue weighted by atomic mass is 9.62. The summed E-state index contributed by atoms with van der Waals surface area (Å²) in [6.45, 7) is 4.33. The van der Waals surface area contributed by atoms with Crippen molar-refractivity contribution in [3.8, 4) is 0 Å². The molecule has 0 aromatic carbocycles. The Labute approximate surface area is 103 Å². The predicted octanol–water partition coefficient (Wildman–Crippen LogP) is 4.00. The first-order chi connectivity index (χ1) is 7.80. The third kappa shape index (κ3) is 3.18. The Bertz CT molecular complexity index is 269. The summed E-state index contributed by atoms with van der Waals surface area (Å²) in [5.41, 5.74) is -0.632. The molecule has 0 heterocycles. The summed E-state index contributed by atoms with van der Waals surface area (Å²) in [5, 5.41) is 10.3. The molecule has 0 aromatic rings. The molecular weight excluding hydrogens is 222 g/mol. The number of alkyl halides is 2. The van der Waals surface area contributed by atoms with Crippen LogP contribution in [0, 0.1) is 17.8 Å². The van der Waals surface area contributed by atoms with Gasteiger partial charge in [-0.2, -0.15) is 0 Å². The second-order valence-electron chi connectivity index (χ2n) is 6.66. The zero-order valence-corrected chi connectivity index (χ0v) is 10.9. The molecule has 0 aliphatic heterocycles. The van der Waals surface area contributed by atoms with Crippen molar-refractivity contribution < 1.29 is 13.9 Å². The number of hydrogen-bond acceptors (Lipinski definition) is 1. The fourth-order valence-corrected chi connectivity index (χ4v) is 3.54. The van der Waals surface area contributed by atoms with Crippen LogP contribution in [0.2, 0.25) is 0 Å². The number of hydrogen-bond donors (Lipinski definition) is 1. The third-order valence-electron chi connectivity index (χ3n) is 4.64. The maximum absolute atomic E-state index is 13.3.